The molecular formula is C11H22N2O3S. The van der Waals surface area contributed by atoms with Crippen molar-refractivity contribution in [3.63, 3.8) is 0 Å². The Morgan fingerprint density at radius 2 is 1.88 bits per heavy atom. The predicted molar refractivity (Wildman–Crippen MR) is 67.2 cm³/mol. The zero-order chi connectivity index (χ0) is 13.1. The van der Waals surface area contributed by atoms with Crippen molar-refractivity contribution >= 4 is 15.7 Å². The van der Waals surface area contributed by atoms with Crippen LogP contribution in [-0.2, 0) is 14.6 Å². The van der Waals surface area contributed by atoms with Crippen LogP contribution in [0.4, 0.5) is 0 Å². The molecule has 1 aliphatic heterocycles. The van der Waals surface area contributed by atoms with Crippen molar-refractivity contribution in [2.45, 2.75) is 45.2 Å². The largest absolute Gasteiger partial charge is 0.352 e. The van der Waals surface area contributed by atoms with Gasteiger partial charge in [0.2, 0.25) is 5.91 Å². The molecule has 5 nitrogen and oxygen atoms in total. The lowest BCUT2D eigenvalue weighted by Crippen LogP contribution is -2.48. The van der Waals surface area contributed by atoms with Crippen LogP contribution in [0.3, 0.4) is 0 Å². The molecule has 6 heteroatoms. The van der Waals surface area contributed by atoms with E-state index in [1.165, 1.54) is 0 Å². The molecule has 0 aromatic heterocycles. The maximum Gasteiger partial charge on any atom is 0.237 e. The van der Waals surface area contributed by atoms with Crippen LogP contribution in [0.25, 0.3) is 0 Å². The Morgan fingerprint density at radius 1 is 1.35 bits per heavy atom. The minimum atomic E-state index is -2.87. The molecule has 1 unspecified atom stereocenters. The van der Waals surface area contributed by atoms with Gasteiger partial charge in [0, 0.05) is 6.04 Å². The molecule has 0 aromatic rings. The van der Waals surface area contributed by atoms with Crippen molar-refractivity contribution in [2.24, 2.45) is 11.7 Å². The number of rotatable bonds is 4. The second-order valence-corrected chi connectivity index (χ2v) is 7.47. The molecule has 100 valence electrons. The first-order valence-electron chi connectivity index (χ1n) is 6.06. The number of carbonyl (C=O) groups is 1. The lowest BCUT2D eigenvalue weighted by atomic mass is 10.0. The van der Waals surface area contributed by atoms with Crippen molar-refractivity contribution in [1.29, 1.82) is 0 Å². The van der Waals surface area contributed by atoms with Crippen LogP contribution >= 0.6 is 0 Å². The molecule has 0 bridgehead atoms. The third-order valence-corrected chi connectivity index (χ3v) is 4.68. The second-order valence-electron chi connectivity index (χ2n) is 5.17. The Balaban J connectivity index is 2.37. The highest BCUT2D eigenvalue weighted by Crippen LogP contribution is 2.12. The molecule has 0 saturated carbocycles. The molecule has 1 fully saturated rings. The van der Waals surface area contributed by atoms with Crippen LogP contribution in [0.1, 0.15) is 33.1 Å². The van der Waals surface area contributed by atoms with Crippen LogP contribution in [-0.4, -0.2) is 37.9 Å². The van der Waals surface area contributed by atoms with Crippen molar-refractivity contribution in [3.05, 3.63) is 0 Å². The molecule has 3 N–H and O–H groups in total. The number of hydrogen-bond acceptors (Lipinski definition) is 4. The quantitative estimate of drug-likeness (QED) is 0.749. The lowest BCUT2D eigenvalue weighted by Gasteiger charge is -2.24. The molecule has 1 atom stereocenters. The van der Waals surface area contributed by atoms with Crippen LogP contribution in [0.5, 0.6) is 0 Å². The van der Waals surface area contributed by atoms with E-state index in [2.05, 4.69) is 5.32 Å². The highest BCUT2D eigenvalue weighted by atomic mass is 32.2. The van der Waals surface area contributed by atoms with Gasteiger partial charge in [-0.15, -0.1) is 0 Å². The summed E-state index contributed by atoms with van der Waals surface area (Å²) in [6.45, 7) is 4.03. The fourth-order valence-electron chi connectivity index (χ4n) is 1.96. The summed E-state index contributed by atoms with van der Waals surface area (Å²) in [5.74, 6) is 0.542. The SMILES string of the molecule is CC(C)CC(N)C(=O)NC1CCS(=O)(=O)CC1. The average molecular weight is 262 g/mol. The topological polar surface area (TPSA) is 89.3 Å². The number of amides is 1. The summed E-state index contributed by atoms with van der Waals surface area (Å²) in [6, 6.07) is -0.530. The van der Waals surface area contributed by atoms with Gasteiger partial charge in [0.1, 0.15) is 9.84 Å². The normalized spacial score (nSPS) is 22.4. The summed E-state index contributed by atoms with van der Waals surface area (Å²) >= 11 is 0. The van der Waals surface area contributed by atoms with Gasteiger partial charge in [0.05, 0.1) is 17.5 Å². The number of hydrogen-bond donors (Lipinski definition) is 2. The first kappa shape index (κ1) is 14.4. The summed E-state index contributed by atoms with van der Waals surface area (Å²) in [7, 11) is -2.87. The van der Waals surface area contributed by atoms with Gasteiger partial charge in [-0.05, 0) is 25.2 Å². The minimum Gasteiger partial charge on any atom is -0.352 e. The van der Waals surface area contributed by atoms with Gasteiger partial charge in [-0.25, -0.2) is 8.42 Å². The Bertz CT molecular complexity index is 351. The first-order valence-corrected chi connectivity index (χ1v) is 7.88. The first-order chi connectivity index (χ1) is 7.80. The van der Waals surface area contributed by atoms with Gasteiger partial charge in [-0.2, -0.15) is 0 Å². The van der Waals surface area contributed by atoms with Crippen LogP contribution in [0.15, 0.2) is 0 Å². The van der Waals surface area contributed by atoms with E-state index in [1.807, 2.05) is 13.8 Å². The third kappa shape index (κ3) is 5.04. The van der Waals surface area contributed by atoms with Gasteiger partial charge >= 0.3 is 0 Å². The van der Waals surface area contributed by atoms with Crippen molar-refractivity contribution in [2.75, 3.05) is 11.5 Å². The average Bonchev–Trinajstić information content (AvgIpc) is 2.20. The standard InChI is InChI=1S/C11H22N2O3S/c1-8(2)7-10(12)11(14)13-9-3-5-17(15,16)6-4-9/h8-10H,3-7,12H2,1-2H3,(H,13,14). The molecule has 17 heavy (non-hydrogen) atoms. The zero-order valence-electron chi connectivity index (χ0n) is 10.5. The summed E-state index contributed by atoms with van der Waals surface area (Å²) in [5.41, 5.74) is 5.76. The Hall–Kier alpha value is -0.620. The molecule has 0 aromatic carbocycles. The molecule has 1 saturated heterocycles. The van der Waals surface area contributed by atoms with E-state index in [0.717, 1.165) is 0 Å². The molecule has 1 amide bonds. The molecule has 0 radical (unpaired) electrons. The molecule has 0 aliphatic carbocycles. The molecule has 0 spiro atoms. The number of nitrogens with two attached hydrogens (primary N) is 1. The van der Waals surface area contributed by atoms with Crippen molar-refractivity contribution in [3.8, 4) is 0 Å². The van der Waals surface area contributed by atoms with E-state index in [1.54, 1.807) is 0 Å². The van der Waals surface area contributed by atoms with Gasteiger partial charge in [-0.3, -0.25) is 4.79 Å². The molecule has 1 aliphatic rings. The zero-order valence-corrected chi connectivity index (χ0v) is 11.3. The maximum absolute atomic E-state index is 11.7. The van der Waals surface area contributed by atoms with E-state index in [4.69, 9.17) is 5.73 Å². The van der Waals surface area contributed by atoms with E-state index in [0.29, 0.717) is 25.2 Å². The highest BCUT2D eigenvalue weighted by Gasteiger charge is 2.26. The summed E-state index contributed by atoms with van der Waals surface area (Å²) in [5, 5.41) is 2.83. The van der Waals surface area contributed by atoms with E-state index in [-0.39, 0.29) is 23.5 Å². The fourth-order valence-corrected chi connectivity index (χ4v) is 3.45. The van der Waals surface area contributed by atoms with Gasteiger partial charge in [-0.1, -0.05) is 13.8 Å². The maximum atomic E-state index is 11.7. The van der Waals surface area contributed by atoms with Gasteiger partial charge in [0.15, 0.2) is 0 Å². The Labute approximate surface area is 103 Å². The van der Waals surface area contributed by atoms with Crippen LogP contribution in [0.2, 0.25) is 0 Å². The minimum absolute atomic E-state index is 0.0377. The summed E-state index contributed by atoms with van der Waals surface area (Å²) < 4.78 is 22.4. The smallest absolute Gasteiger partial charge is 0.237 e. The predicted octanol–water partition coefficient (Wildman–Crippen LogP) is 0.0532. The molecule has 1 heterocycles. The second kappa shape index (κ2) is 5.82. The van der Waals surface area contributed by atoms with E-state index < -0.39 is 15.9 Å². The molecule has 1 rings (SSSR count). The van der Waals surface area contributed by atoms with E-state index in [9.17, 15) is 13.2 Å². The van der Waals surface area contributed by atoms with Gasteiger partial charge < -0.3 is 11.1 Å². The number of nitrogens with one attached hydrogen (secondary N) is 1. The Kier molecular flexibility index (Phi) is 4.94. The summed E-state index contributed by atoms with van der Waals surface area (Å²) in [4.78, 5) is 11.7. The van der Waals surface area contributed by atoms with Crippen molar-refractivity contribution in [1.82, 2.24) is 5.32 Å². The lowest BCUT2D eigenvalue weighted by molar-refractivity contribution is -0.123. The Morgan fingerprint density at radius 3 is 2.35 bits per heavy atom. The summed E-state index contributed by atoms with van der Waals surface area (Å²) in [6.07, 6.45) is 1.65. The van der Waals surface area contributed by atoms with Gasteiger partial charge in [0.25, 0.3) is 0 Å². The van der Waals surface area contributed by atoms with Crippen LogP contribution < -0.4 is 11.1 Å². The van der Waals surface area contributed by atoms with E-state index >= 15 is 0 Å². The third-order valence-electron chi connectivity index (χ3n) is 2.96. The fraction of sp³-hybridized carbons (Fsp3) is 0.909. The molecular weight excluding hydrogens is 240 g/mol. The van der Waals surface area contributed by atoms with Crippen LogP contribution in [0, 0.1) is 5.92 Å². The van der Waals surface area contributed by atoms with Crippen molar-refractivity contribution < 1.29 is 13.2 Å². The monoisotopic (exact) mass is 262 g/mol. The highest BCUT2D eigenvalue weighted by molar-refractivity contribution is 7.91. The number of carbonyl (C=O) groups excluding carboxylic acids is 1. The number of sulfone groups is 1.